The molecule has 0 bridgehead atoms. The number of nitrogens with two attached hydrogens (primary N) is 1. The Morgan fingerprint density at radius 3 is 2.43 bits per heavy atom. The molecule has 0 aliphatic heterocycles. The van der Waals surface area contributed by atoms with Gasteiger partial charge >= 0.3 is 0 Å². The van der Waals surface area contributed by atoms with Crippen LogP contribution in [0.4, 0.5) is 14.5 Å². The predicted molar refractivity (Wildman–Crippen MR) is 75.3 cm³/mol. The first-order valence-corrected chi connectivity index (χ1v) is 6.12. The topological polar surface area (TPSA) is 55.6 Å². The third-order valence-electron chi connectivity index (χ3n) is 2.79. The molecule has 2 N–H and O–H groups in total. The third kappa shape index (κ3) is 3.28. The lowest BCUT2D eigenvalue weighted by atomic mass is 10.1. The Bertz CT molecular complexity index is 687. The van der Waals surface area contributed by atoms with E-state index in [0.29, 0.717) is 5.56 Å². The smallest absolute Gasteiger partial charge is 0.253 e. The number of anilines is 1. The average molecular weight is 292 g/mol. The summed E-state index contributed by atoms with van der Waals surface area (Å²) in [6, 6.07) is 7.68. The standard InChI is InChI=1S/C15H14F2N2O2/c1-19(2)15(20)9-3-6-13(18)14(7-9)21-10-4-5-11(16)12(17)8-10/h3-8H,18H2,1-2H3. The van der Waals surface area contributed by atoms with Crippen LogP contribution < -0.4 is 10.5 Å². The lowest BCUT2D eigenvalue weighted by molar-refractivity contribution is 0.0827. The number of halogens is 2. The molecule has 0 saturated carbocycles. The molecule has 0 heterocycles. The van der Waals surface area contributed by atoms with Gasteiger partial charge in [0.05, 0.1) is 5.69 Å². The molecule has 0 unspecified atom stereocenters. The van der Waals surface area contributed by atoms with Crippen LogP contribution in [0.25, 0.3) is 0 Å². The van der Waals surface area contributed by atoms with Gasteiger partial charge in [0, 0.05) is 25.7 Å². The van der Waals surface area contributed by atoms with E-state index in [0.717, 1.165) is 12.1 Å². The molecule has 0 aromatic heterocycles. The fourth-order valence-corrected chi connectivity index (χ4v) is 1.68. The Kier molecular flexibility index (Phi) is 4.07. The van der Waals surface area contributed by atoms with Crippen LogP contribution in [0.1, 0.15) is 10.4 Å². The number of hydrogen-bond donors (Lipinski definition) is 1. The number of carbonyl (C=O) groups excluding carboxylic acids is 1. The van der Waals surface area contributed by atoms with E-state index in [1.54, 1.807) is 20.2 Å². The van der Waals surface area contributed by atoms with Crippen molar-refractivity contribution >= 4 is 11.6 Å². The van der Waals surface area contributed by atoms with Gasteiger partial charge in [0.15, 0.2) is 17.4 Å². The van der Waals surface area contributed by atoms with Gasteiger partial charge in [0.1, 0.15) is 5.75 Å². The molecule has 2 rings (SSSR count). The van der Waals surface area contributed by atoms with E-state index in [1.165, 1.54) is 23.1 Å². The second kappa shape index (κ2) is 5.78. The van der Waals surface area contributed by atoms with Crippen molar-refractivity contribution in [3.05, 3.63) is 53.6 Å². The van der Waals surface area contributed by atoms with Gasteiger partial charge < -0.3 is 15.4 Å². The molecule has 0 atom stereocenters. The molecule has 0 radical (unpaired) electrons. The van der Waals surface area contributed by atoms with Crippen LogP contribution in [-0.4, -0.2) is 24.9 Å². The second-order valence-corrected chi connectivity index (χ2v) is 4.63. The van der Waals surface area contributed by atoms with Crippen LogP contribution >= 0.6 is 0 Å². The SMILES string of the molecule is CN(C)C(=O)c1ccc(N)c(Oc2ccc(F)c(F)c2)c1. The predicted octanol–water partition coefficient (Wildman–Crippen LogP) is 3.04. The summed E-state index contributed by atoms with van der Waals surface area (Å²) < 4.78 is 31.4. The molecule has 0 spiro atoms. The fraction of sp³-hybridized carbons (Fsp3) is 0.133. The summed E-state index contributed by atoms with van der Waals surface area (Å²) in [6.45, 7) is 0. The van der Waals surface area contributed by atoms with Gasteiger partial charge in [-0.1, -0.05) is 0 Å². The number of rotatable bonds is 3. The molecule has 1 amide bonds. The van der Waals surface area contributed by atoms with Crippen molar-refractivity contribution in [2.45, 2.75) is 0 Å². The lowest BCUT2D eigenvalue weighted by Gasteiger charge is -2.13. The highest BCUT2D eigenvalue weighted by molar-refractivity contribution is 5.94. The van der Waals surface area contributed by atoms with Crippen LogP contribution in [-0.2, 0) is 0 Å². The zero-order chi connectivity index (χ0) is 15.6. The molecular weight excluding hydrogens is 278 g/mol. The summed E-state index contributed by atoms with van der Waals surface area (Å²) in [7, 11) is 3.24. The minimum absolute atomic E-state index is 0.0926. The van der Waals surface area contributed by atoms with Gasteiger partial charge in [-0.2, -0.15) is 0 Å². The Hall–Kier alpha value is -2.63. The first kappa shape index (κ1) is 14.8. The zero-order valence-corrected chi connectivity index (χ0v) is 11.6. The van der Waals surface area contributed by atoms with E-state index in [-0.39, 0.29) is 23.1 Å². The Labute approximate surface area is 120 Å². The highest BCUT2D eigenvalue weighted by Gasteiger charge is 2.12. The lowest BCUT2D eigenvalue weighted by Crippen LogP contribution is -2.21. The van der Waals surface area contributed by atoms with Crippen LogP contribution in [0, 0.1) is 11.6 Å². The summed E-state index contributed by atoms with van der Waals surface area (Å²) in [5.74, 6) is -1.91. The maximum Gasteiger partial charge on any atom is 0.253 e. The number of ether oxygens (including phenoxy) is 1. The van der Waals surface area contributed by atoms with Crippen molar-refractivity contribution < 1.29 is 18.3 Å². The molecule has 110 valence electrons. The maximum absolute atomic E-state index is 13.1. The van der Waals surface area contributed by atoms with Crippen molar-refractivity contribution in [3.8, 4) is 11.5 Å². The quantitative estimate of drug-likeness (QED) is 0.885. The summed E-state index contributed by atoms with van der Waals surface area (Å²) in [5.41, 5.74) is 6.43. The highest BCUT2D eigenvalue weighted by Crippen LogP contribution is 2.29. The summed E-state index contributed by atoms with van der Waals surface area (Å²) in [6.07, 6.45) is 0. The van der Waals surface area contributed by atoms with Crippen molar-refractivity contribution in [1.82, 2.24) is 4.90 Å². The second-order valence-electron chi connectivity index (χ2n) is 4.63. The van der Waals surface area contributed by atoms with Crippen molar-refractivity contribution in [2.24, 2.45) is 0 Å². The van der Waals surface area contributed by atoms with E-state index in [2.05, 4.69) is 0 Å². The summed E-state index contributed by atoms with van der Waals surface area (Å²) in [4.78, 5) is 13.3. The molecule has 21 heavy (non-hydrogen) atoms. The Morgan fingerprint density at radius 1 is 1.10 bits per heavy atom. The minimum Gasteiger partial charge on any atom is -0.455 e. The fourth-order valence-electron chi connectivity index (χ4n) is 1.68. The normalized spacial score (nSPS) is 10.3. The summed E-state index contributed by atoms with van der Waals surface area (Å²) in [5, 5.41) is 0. The van der Waals surface area contributed by atoms with Gasteiger partial charge in [0.25, 0.3) is 5.91 Å². The number of hydrogen-bond acceptors (Lipinski definition) is 3. The molecule has 2 aromatic carbocycles. The van der Waals surface area contributed by atoms with Crippen molar-refractivity contribution in [2.75, 3.05) is 19.8 Å². The van der Waals surface area contributed by atoms with Gasteiger partial charge in [-0.25, -0.2) is 8.78 Å². The molecule has 0 aliphatic rings. The zero-order valence-electron chi connectivity index (χ0n) is 11.6. The van der Waals surface area contributed by atoms with Gasteiger partial charge in [-0.3, -0.25) is 4.79 Å². The largest absolute Gasteiger partial charge is 0.455 e. The number of amides is 1. The average Bonchev–Trinajstić information content (AvgIpc) is 2.44. The van der Waals surface area contributed by atoms with Crippen LogP contribution in [0.15, 0.2) is 36.4 Å². The molecular formula is C15H14F2N2O2. The van der Waals surface area contributed by atoms with E-state index < -0.39 is 11.6 Å². The molecule has 2 aromatic rings. The molecule has 0 aliphatic carbocycles. The minimum atomic E-state index is -1.02. The van der Waals surface area contributed by atoms with Gasteiger partial charge in [0.2, 0.25) is 0 Å². The van der Waals surface area contributed by atoms with E-state index in [9.17, 15) is 13.6 Å². The number of carbonyl (C=O) groups is 1. The van der Waals surface area contributed by atoms with Crippen LogP contribution in [0.5, 0.6) is 11.5 Å². The Balaban J connectivity index is 2.32. The first-order valence-electron chi connectivity index (χ1n) is 6.12. The van der Waals surface area contributed by atoms with Gasteiger partial charge in [-0.05, 0) is 30.3 Å². The summed E-state index contributed by atoms with van der Waals surface area (Å²) >= 11 is 0. The van der Waals surface area contributed by atoms with Crippen molar-refractivity contribution in [3.63, 3.8) is 0 Å². The highest BCUT2D eigenvalue weighted by atomic mass is 19.2. The molecule has 0 saturated heterocycles. The van der Waals surface area contributed by atoms with E-state index in [1.807, 2.05) is 0 Å². The third-order valence-corrected chi connectivity index (χ3v) is 2.79. The van der Waals surface area contributed by atoms with E-state index >= 15 is 0 Å². The monoisotopic (exact) mass is 292 g/mol. The van der Waals surface area contributed by atoms with Gasteiger partial charge in [-0.15, -0.1) is 0 Å². The maximum atomic E-state index is 13.1. The first-order chi connectivity index (χ1) is 9.88. The molecule has 0 fully saturated rings. The Morgan fingerprint density at radius 2 is 1.81 bits per heavy atom. The van der Waals surface area contributed by atoms with Crippen LogP contribution in [0.2, 0.25) is 0 Å². The number of nitrogen functional groups attached to an aromatic ring is 1. The van der Waals surface area contributed by atoms with Crippen molar-refractivity contribution in [1.29, 1.82) is 0 Å². The van der Waals surface area contributed by atoms with E-state index in [4.69, 9.17) is 10.5 Å². The number of benzene rings is 2. The number of nitrogens with zero attached hydrogens (tertiary/aromatic N) is 1. The van der Waals surface area contributed by atoms with Crippen LogP contribution in [0.3, 0.4) is 0 Å². The molecule has 4 nitrogen and oxygen atoms in total. The molecule has 6 heteroatoms.